The van der Waals surface area contributed by atoms with Crippen LogP contribution in [0.1, 0.15) is 19.4 Å². The number of aliphatic imine (C=N–C) groups is 1. The molecule has 3 nitrogen and oxygen atoms in total. The average Bonchev–Trinajstić information content (AvgIpc) is 2.34. The van der Waals surface area contributed by atoms with E-state index in [1.165, 1.54) is 6.07 Å². The number of nitrogens with one attached hydrogen (secondary N) is 2. The topological polar surface area (TPSA) is 36.4 Å². The minimum Gasteiger partial charge on any atom is -0.357 e. The first kappa shape index (κ1) is 14.4. The normalized spacial score (nSPS) is 10.0. The van der Waals surface area contributed by atoms with E-state index in [1.54, 1.807) is 0 Å². The predicted molar refractivity (Wildman–Crippen MR) is 69.7 cm³/mol. The quantitative estimate of drug-likeness (QED) is 0.624. The highest BCUT2D eigenvalue weighted by Gasteiger charge is 2.03. The predicted octanol–water partition coefficient (Wildman–Crippen LogP) is 2.08. The first-order valence-electron chi connectivity index (χ1n) is 6.13. The molecule has 1 aromatic carbocycles. The zero-order chi connectivity index (χ0) is 13.4. The van der Waals surface area contributed by atoms with E-state index in [-0.39, 0.29) is 5.82 Å². The Balaban J connectivity index is 2.57. The van der Waals surface area contributed by atoms with Gasteiger partial charge in [-0.3, -0.25) is 4.99 Å². The van der Waals surface area contributed by atoms with Crippen molar-refractivity contribution in [1.82, 2.24) is 10.6 Å². The Labute approximate surface area is 106 Å². The lowest BCUT2D eigenvalue weighted by Crippen LogP contribution is -2.37. The van der Waals surface area contributed by atoms with Crippen LogP contribution < -0.4 is 10.6 Å². The molecule has 100 valence electrons. The number of guanidine groups is 1. The third kappa shape index (κ3) is 4.69. The maximum atomic E-state index is 13.3. The van der Waals surface area contributed by atoms with Crippen molar-refractivity contribution in [2.24, 2.45) is 4.99 Å². The summed E-state index contributed by atoms with van der Waals surface area (Å²) in [4.78, 5) is 4.27. The molecule has 0 atom stereocenters. The van der Waals surface area contributed by atoms with Crippen LogP contribution in [0.4, 0.5) is 8.78 Å². The monoisotopic (exact) mass is 255 g/mol. The largest absolute Gasteiger partial charge is 0.357 e. The van der Waals surface area contributed by atoms with Gasteiger partial charge in [0.25, 0.3) is 0 Å². The van der Waals surface area contributed by atoms with Crippen LogP contribution in [0.5, 0.6) is 0 Å². The lowest BCUT2D eigenvalue weighted by atomic mass is 10.1. The van der Waals surface area contributed by atoms with Crippen molar-refractivity contribution in [3.63, 3.8) is 0 Å². The van der Waals surface area contributed by atoms with Gasteiger partial charge in [-0.2, -0.15) is 0 Å². The summed E-state index contributed by atoms with van der Waals surface area (Å²) in [6.07, 6.45) is 0.379. The molecule has 0 aliphatic rings. The van der Waals surface area contributed by atoms with Gasteiger partial charge in [0, 0.05) is 19.6 Å². The third-order valence-electron chi connectivity index (χ3n) is 2.35. The SMILES string of the molecule is CCNC(=NCCc1cc(F)ccc1F)NCC. The fraction of sp³-hybridized carbons (Fsp3) is 0.462. The minimum absolute atomic E-state index is 0.353. The fourth-order valence-electron chi connectivity index (χ4n) is 1.53. The van der Waals surface area contributed by atoms with Gasteiger partial charge in [0.1, 0.15) is 11.6 Å². The number of benzene rings is 1. The van der Waals surface area contributed by atoms with Crippen molar-refractivity contribution in [3.8, 4) is 0 Å². The van der Waals surface area contributed by atoms with Gasteiger partial charge in [-0.25, -0.2) is 8.78 Å². The van der Waals surface area contributed by atoms with Gasteiger partial charge in [-0.05, 0) is 44.0 Å². The molecule has 0 saturated heterocycles. The lowest BCUT2D eigenvalue weighted by Gasteiger charge is -2.09. The Morgan fingerprint density at radius 1 is 1.17 bits per heavy atom. The highest BCUT2D eigenvalue weighted by atomic mass is 19.1. The summed E-state index contributed by atoms with van der Waals surface area (Å²) in [6.45, 7) is 5.88. The van der Waals surface area contributed by atoms with Crippen molar-refractivity contribution >= 4 is 5.96 Å². The van der Waals surface area contributed by atoms with E-state index in [9.17, 15) is 8.78 Å². The lowest BCUT2D eigenvalue weighted by molar-refractivity contribution is 0.585. The summed E-state index contributed by atoms with van der Waals surface area (Å²) in [5, 5.41) is 6.13. The number of halogens is 2. The molecule has 2 N–H and O–H groups in total. The first-order chi connectivity index (χ1) is 8.67. The smallest absolute Gasteiger partial charge is 0.191 e. The molecule has 0 fully saturated rings. The molecule has 0 heterocycles. The molecule has 0 aliphatic carbocycles. The van der Waals surface area contributed by atoms with E-state index in [4.69, 9.17) is 0 Å². The summed E-state index contributed by atoms with van der Waals surface area (Å²) >= 11 is 0. The van der Waals surface area contributed by atoms with Gasteiger partial charge in [0.05, 0.1) is 0 Å². The second-order valence-corrected chi connectivity index (χ2v) is 3.78. The van der Waals surface area contributed by atoms with Crippen molar-refractivity contribution in [2.45, 2.75) is 20.3 Å². The van der Waals surface area contributed by atoms with Crippen LogP contribution in [0.25, 0.3) is 0 Å². The second-order valence-electron chi connectivity index (χ2n) is 3.78. The maximum absolute atomic E-state index is 13.3. The number of hydrogen-bond acceptors (Lipinski definition) is 1. The molecular weight excluding hydrogens is 236 g/mol. The highest BCUT2D eigenvalue weighted by Crippen LogP contribution is 2.10. The highest BCUT2D eigenvalue weighted by molar-refractivity contribution is 5.79. The van der Waals surface area contributed by atoms with Gasteiger partial charge in [-0.1, -0.05) is 0 Å². The Bertz CT molecular complexity index is 397. The van der Waals surface area contributed by atoms with Gasteiger partial charge >= 0.3 is 0 Å². The fourth-order valence-corrected chi connectivity index (χ4v) is 1.53. The maximum Gasteiger partial charge on any atom is 0.191 e. The van der Waals surface area contributed by atoms with Crippen LogP contribution in [0.3, 0.4) is 0 Å². The molecule has 0 bridgehead atoms. The summed E-state index contributed by atoms with van der Waals surface area (Å²) in [6, 6.07) is 3.47. The first-order valence-corrected chi connectivity index (χ1v) is 6.13. The number of nitrogens with zero attached hydrogens (tertiary/aromatic N) is 1. The van der Waals surface area contributed by atoms with E-state index in [0.717, 1.165) is 25.2 Å². The zero-order valence-corrected chi connectivity index (χ0v) is 10.8. The zero-order valence-electron chi connectivity index (χ0n) is 10.8. The molecule has 0 unspecified atom stereocenters. The summed E-state index contributed by atoms with van der Waals surface area (Å²) in [5.41, 5.74) is 0.353. The van der Waals surface area contributed by atoms with Gasteiger partial charge in [-0.15, -0.1) is 0 Å². The Hall–Kier alpha value is -1.65. The Morgan fingerprint density at radius 3 is 2.44 bits per heavy atom. The molecule has 5 heteroatoms. The van der Waals surface area contributed by atoms with Crippen LogP contribution in [-0.4, -0.2) is 25.6 Å². The van der Waals surface area contributed by atoms with Gasteiger partial charge in [0.2, 0.25) is 0 Å². The van der Waals surface area contributed by atoms with Crippen LogP contribution in [0, 0.1) is 11.6 Å². The van der Waals surface area contributed by atoms with E-state index in [1.807, 2.05) is 13.8 Å². The second kappa shape index (κ2) is 7.63. The van der Waals surface area contributed by atoms with Crippen LogP contribution >= 0.6 is 0 Å². The van der Waals surface area contributed by atoms with E-state index in [2.05, 4.69) is 15.6 Å². The standard InChI is InChI=1S/C13H19F2N3/c1-3-16-13(17-4-2)18-8-7-10-9-11(14)5-6-12(10)15/h5-6,9H,3-4,7-8H2,1-2H3,(H2,16,17,18). The molecule has 1 aromatic rings. The van der Waals surface area contributed by atoms with Crippen molar-refractivity contribution in [1.29, 1.82) is 0 Å². The van der Waals surface area contributed by atoms with Crippen molar-refractivity contribution in [3.05, 3.63) is 35.4 Å². The molecular formula is C13H19F2N3. The van der Waals surface area contributed by atoms with Gasteiger partial charge in [0.15, 0.2) is 5.96 Å². The molecule has 0 spiro atoms. The van der Waals surface area contributed by atoms with E-state index < -0.39 is 5.82 Å². The Morgan fingerprint density at radius 2 is 1.83 bits per heavy atom. The molecule has 0 radical (unpaired) electrons. The van der Waals surface area contributed by atoms with Crippen molar-refractivity contribution < 1.29 is 8.78 Å². The number of rotatable bonds is 5. The van der Waals surface area contributed by atoms with Crippen LogP contribution in [-0.2, 0) is 6.42 Å². The van der Waals surface area contributed by atoms with Crippen molar-refractivity contribution in [2.75, 3.05) is 19.6 Å². The van der Waals surface area contributed by atoms with Crippen LogP contribution in [0.2, 0.25) is 0 Å². The van der Waals surface area contributed by atoms with Crippen LogP contribution in [0.15, 0.2) is 23.2 Å². The molecule has 0 aliphatic heterocycles. The molecule has 0 saturated carbocycles. The Kier molecular flexibility index (Phi) is 6.11. The molecule has 0 aromatic heterocycles. The average molecular weight is 255 g/mol. The minimum atomic E-state index is -0.422. The van der Waals surface area contributed by atoms with E-state index >= 15 is 0 Å². The third-order valence-corrected chi connectivity index (χ3v) is 2.35. The summed E-state index contributed by atoms with van der Waals surface area (Å²) in [7, 11) is 0. The van der Waals surface area contributed by atoms with E-state index in [0.29, 0.717) is 24.5 Å². The molecule has 1 rings (SSSR count). The molecule has 18 heavy (non-hydrogen) atoms. The van der Waals surface area contributed by atoms with Gasteiger partial charge < -0.3 is 10.6 Å². The molecule has 0 amide bonds. The summed E-state index contributed by atoms with van der Waals surface area (Å²) < 4.78 is 26.3. The summed E-state index contributed by atoms with van der Waals surface area (Å²) in [5.74, 6) is -0.120. The number of hydrogen-bond donors (Lipinski definition) is 2.